The van der Waals surface area contributed by atoms with Crippen molar-refractivity contribution in [2.24, 2.45) is 10.9 Å². The Morgan fingerprint density at radius 2 is 1.97 bits per heavy atom. The van der Waals surface area contributed by atoms with Crippen LogP contribution < -0.4 is 15.4 Å². The number of ether oxygens (including phenoxy) is 1. The second kappa shape index (κ2) is 12.8. The van der Waals surface area contributed by atoms with Gasteiger partial charge in [0.05, 0.1) is 13.1 Å². The molecule has 0 aliphatic heterocycles. The lowest BCUT2D eigenvalue weighted by molar-refractivity contribution is -0.127. The molecular formula is C20H31F2IN4O2. The molecule has 0 spiro atoms. The molecule has 1 aliphatic carbocycles. The molecule has 164 valence electrons. The molecule has 9 heteroatoms. The number of para-hydroxylation sites is 1. The van der Waals surface area contributed by atoms with Gasteiger partial charge in [0.15, 0.2) is 5.96 Å². The van der Waals surface area contributed by atoms with Crippen molar-refractivity contribution in [1.82, 2.24) is 15.5 Å². The van der Waals surface area contributed by atoms with E-state index in [1.165, 1.54) is 17.4 Å². The van der Waals surface area contributed by atoms with Gasteiger partial charge in [0.25, 0.3) is 0 Å². The van der Waals surface area contributed by atoms with E-state index >= 15 is 0 Å². The van der Waals surface area contributed by atoms with Gasteiger partial charge in [-0.25, -0.2) is 4.99 Å². The van der Waals surface area contributed by atoms with Crippen molar-refractivity contribution in [2.75, 3.05) is 20.6 Å². The summed E-state index contributed by atoms with van der Waals surface area (Å²) in [5.74, 6) is 1.03. The van der Waals surface area contributed by atoms with Crippen molar-refractivity contribution in [2.45, 2.75) is 51.8 Å². The number of guanidine groups is 1. The first-order valence-corrected chi connectivity index (χ1v) is 9.64. The van der Waals surface area contributed by atoms with Crippen LogP contribution in [0.5, 0.6) is 5.75 Å². The summed E-state index contributed by atoms with van der Waals surface area (Å²) >= 11 is 0. The number of benzene rings is 1. The number of amides is 1. The zero-order valence-electron chi connectivity index (χ0n) is 17.2. The minimum absolute atomic E-state index is 0. The number of halogens is 3. The first kappa shape index (κ1) is 25.4. The van der Waals surface area contributed by atoms with Gasteiger partial charge in [-0.15, -0.1) is 24.0 Å². The van der Waals surface area contributed by atoms with E-state index in [9.17, 15) is 13.6 Å². The summed E-state index contributed by atoms with van der Waals surface area (Å²) in [5, 5.41) is 6.47. The van der Waals surface area contributed by atoms with Crippen molar-refractivity contribution in [3.8, 4) is 5.75 Å². The van der Waals surface area contributed by atoms with Gasteiger partial charge in [0.2, 0.25) is 5.91 Å². The molecule has 1 aromatic rings. The summed E-state index contributed by atoms with van der Waals surface area (Å²) in [7, 11) is 3.38. The molecule has 6 nitrogen and oxygen atoms in total. The van der Waals surface area contributed by atoms with Gasteiger partial charge in [-0.3, -0.25) is 4.79 Å². The molecule has 0 heterocycles. The second-order valence-electron chi connectivity index (χ2n) is 7.31. The first-order chi connectivity index (χ1) is 13.4. The van der Waals surface area contributed by atoms with Gasteiger partial charge in [-0.1, -0.05) is 38.0 Å². The maximum Gasteiger partial charge on any atom is 0.387 e. The highest BCUT2D eigenvalue weighted by Crippen LogP contribution is 2.24. The molecule has 0 radical (unpaired) electrons. The number of carbonyl (C=O) groups excluding carboxylic acids is 1. The SMILES string of the molecule is CC1CCCCC1NC(=NCc1ccccc1OC(F)F)NCC(=O)N(C)C.I. The smallest absolute Gasteiger partial charge is 0.387 e. The lowest BCUT2D eigenvalue weighted by Crippen LogP contribution is -2.49. The van der Waals surface area contributed by atoms with Gasteiger partial charge < -0.3 is 20.3 Å². The Balaban J connectivity index is 0.00000420. The maximum atomic E-state index is 12.6. The number of nitrogens with one attached hydrogen (secondary N) is 2. The van der Waals surface area contributed by atoms with Gasteiger partial charge in [0, 0.05) is 25.7 Å². The number of carbonyl (C=O) groups is 1. The molecule has 1 fully saturated rings. The number of hydrogen-bond acceptors (Lipinski definition) is 3. The molecule has 1 amide bonds. The maximum absolute atomic E-state index is 12.6. The molecule has 0 bridgehead atoms. The van der Waals surface area contributed by atoms with Crippen molar-refractivity contribution >= 4 is 35.8 Å². The molecule has 2 rings (SSSR count). The third kappa shape index (κ3) is 8.71. The Hall–Kier alpha value is -1.65. The third-order valence-electron chi connectivity index (χ3n) is 4.94. The molecule has 0 aromatic heterocycles. The molecule has 2 N–H and O–H groups in total. The van der Waals surface area contributed by atoms with Gasteiger partial charge in [-0.2, -0.15) is 8.78 Å². The Labute approximate surface area is 188 Å². The third-order valence-corrected chi connectivity index (χ3v) is 4.94. The minimum Gasteiger partial charge on any atom is -0.434 e. The quantitative estimate of drug-likeness (QED) is 0.325. The fraction of sp³-hybridized carbons (Fsp3) is 0.600. The molecule has 2 atom stereocenters. The van der Waals surface area contributed by atoms with E-state index < -0.39 is 6.61 Å². The highest BCUT2D eigenvalue weighted by molar-refractivity contribution is 14.0. The first-order valence-electron chi connectivity index (χ1n) is 9.64. The zero-order chi connectivity index (χ0) is 20.5. The van der Waals surface area contributed by atoms with E-state index in [-0.39, 0.29) is 54.8 Å². The number of aliphatic imine (C=N–C) groups is 1. The molecule has 0 saturated heterocycles. The van der Waals surface area contributed by atoms with E-state index in [4.69, 9.17) is 0 Å². The van der Waals surface area contributed by atoms with Crippen LogP contribution in [0.2, 0.25) is 0 Å². The van der Waals surface area contributed by atoms with E-state index in [1.807, 2.05) is 0 Å². The monoisotopic (exact) mass is 524 g/mol. The topological polar surface area (TPSA) is 66.0 Å². The van der Waals surface area contributed by atoms with Crippen molar-refractivity contribution in [1.29, 1.82) is 0 Å². The summed E-state index contributed by atoms with van der Waals surface area (Å²) in [6.45, 7) is -0.419. The van der Waals surface area contributed by atoms with Crippen molar-refractivity contribution < 1.29 is 18.3 Å². The fourth-order valence-electron chi connectivity index (χ4n) is 3.19. The van der Waals surface area contributed by atoms with Gasteiger partial charge in [0.1, 0.15) is 5.75 Å². The Kier molecular flexibility index (Phi) is 11.2. The highest BCUT2D eigenvalue weighted by Gasteiger charge is 2.22. The van der Waals surface area contributed by atoms with E-state index in [2.05, 4.69) is 27.3 Å². The van der Waals surface area contributed by atoms with Crippen LogP contribution in [0.15, 0.2) is 29.3 Å². The second-order valence-corrected chi connectivity index (χ2v) is 7.31. The molecule has 29 heavy (non-hydrogen) atoms. The van der Waals surface area contributed by atoms with Crippen LogP contribution in [0.25, 0.3) is 0 Å². The summed E-state index contributed by atoms with van der Waals surface area (Å²) < 4.78 is 29.8. The predicted octanol–water partition coefficient (Wildman–Crippen LogP) is 3.61. The van der Waals surface area contributed by atoms with Gasteiger partial charge in [-0.05, 0) is 24.8 Å². The Morgan fingerprint density at radius 3 is 2.62 bits per heavy atom. The summed E-state index contributed by atoms with van der Waals surface area (Å²) in [5.41, 5.74) is 0.555. The predicted molar refractivity (Wildman–Crippen MR) is 121 cm³/mol. The minimum atomic E-state index is -2.89. The number of likely N-dealkylation sites (N-methyl/N-ethyl adjacent to an activating group) is 1. The van der Waals surface area contributed by atoms with Crippen LogP contribution in [0.1, 0.15) is 38.2 Å². The lowest BCUT2D eigenvalue weighted by atomic mass is 9.86. The fourth-order valence-corrected chi connectivity index (χ4v) is 3.19. The summed E-state index contributed by atoms with van der Waals surface area (Å²) in [6, 6.07) is 6.86. The van der Waals surface area contributed by atoms with Crippen LogP contribution in [0, 0.1) is 5.92 Å². The van der Waals surface area contributed by atoms with E-state index in [0.717, 1.165) is 19.3 Å². The standard InChI is InChI=1S/C20H30F2N4O2.HI/c1-14-8-4-6-10-16(14)25-20(24-13-18(27)26(2)3)23-12-15-9-5-7-11-17(15)28-19(21)22;/h5,7,9,11,14,16,19H,4,6,8,10,12-13H2,1-3H3,(H2,23,24,25);1H. The van der Waals surface area contributed by atoms with Crippen molar-refractivity contribution in [3.63, 3.8) is 0 Å². The molecule has 1 aliphatic rings. The largest absolute Gasteiger partial charge is 0.434 e. The van der Waals surface area contributed by atoms with E-state index in [0.29, 0.717) is 17.4 Å². The van der Waals surface area contributed by atoms with Crippen LogP contribution in [0.4, 0.5) is 8.78 Å². The summed E-state index contributed by atoms with van der Waals surface area (Å²) in [6.07, 6.45) is 4.55. The highest BCUT2D eigenvalue weighted by atomic mass is 127. The summed E-state index contributed by atoms with van der Waals surface area (Å²) in [4.78, 5) is 18.0. The average molecular weight is 524 g/mol. The number of nitrogens with zero attached hydrogens (tertiary/aromatic N) is 2. The Bertz CT molecular complexity index is 674. The van der Waals surface area contributed by atoms with Crippen molar-refractivity contribution in [3.05, 3.63) is 29.8 Å². The number of alkyl halides is 2. The van der Waals surface area contributed by atoms with E-state index in [1.54, 1.807) is 32.3 Å². The van der Waals surface area contributed by atoms with Gasteiger partial charge >= 0.3 is 6.61 Å². The Morgan fingerprint density at radius 1 is 1.28 bits per heavy atom. The normalized spacial score (nSPS) is 19.3. The molecule has 1 aromatic carbocycles. The van der Waals surface area contributed by atoms with Crippen LogP contribution >= 0.6 is 24.0 Å². The number of hydrogen-bond donors (Lipinski definition) is 2. The van der Waals surface area contributed by atoms with Crippen LogP contribution in [0.3, 0.4) is 0 Å². The lowest BCUT2D eigenvalue weighted by Gasteiger charge is -2.31. The molecular weight excluding hydrogens is 493 g/mol. The van der Waals surface area contributed by atoms with Crippen LogP contribution in [-0.4, -0.2) is 50.1 Å². The van der Waals surface area contributed by atoms with Crippen LogP contribution in [-0.2, 0) is 11.3 Å². The average Bonchev–Trinajstić information content (AvgIpc) is 2.65. The molecule has 1 saturated carbocycles. The number of rotatable bonds is 7. The zero-order valence-corrected chi connectivity index (χ0v) is 19.5. The molecule has 2 unspecified atom stereocenters.